The molecule has 2 rings (SSSR count). The summed E-state index contributed by atoms with van der Waals surface area (Å²) in [5.74, 6) is -0.388. The van der Waals surface area contributed by atoms with E-state index in [1.54, 1.807) is 0 Å². The van der Waals surface area contributed by atoms with Crippen molar-refractivity contribution in [3.8, 4) is 11.4 Å². The second-order valence-corrected chi connectivity index (χ2v) is 4.56. The molecule has 1 aromatic carbocycles. The molecule has 1 atom stereocenters. The first-order valence-corrected chi connectivity index (χ1v) is 6.20. The zero-order valence-corrected chi connectivity index (χ0v) is 11.2. The van der Waals surface area contributed by atoms with E-state index >= 15 is 0 Å². The fraction of sp³-hybridized carbons (Fsp3) is 0.308. The Kier molecular flexibility index (Phi) is 3.95. The lowest BCUT2D eigenvalue weighted by Gasteiger charge is -2.03. The van der Waals surface area contributed by atoms with Gasteiger partial charge in [-0.25, -0.2) is 4.39 Å². The standard InChI is InChI=1S/C13H12ClFN2O2/c1-3-9(7(2)18)13-16-12(17-19-13)10-5-4-8(15)6-11(10)14/h4-6,9H,3H2,1-2H3. The van der Waals surface area contributed by atoms with Crippen molar-refractivity contribution in [2.75, 3.05) is 0 Å². The lowest BCUT2D eigenvalue weighted by Crippen LogP contribution is -2.07. The highest BCUT2D eigenvalue weighted by Crippen LogP contribution is 2.28. The largest absolute Gasteiger partial charge is 0.338 e. The van der Waals surface area contributed by atoms with E-state index in [-0.39, 0.29) is 22.5 Å². The molecular weight excluding hydrogens is 271 g/mol. The topological polar surface area (TPSA) is 56.0 Å². The third kappa shape index (κ3) is 2.81. The van der Waals surface area contributed by atoms with Crippen LogP contribution in [0.15, 0.2) is 22.7 Å². The molecule has 0 radical (unpaired) electrons. The van der Waals surface area contributed by atoms with Crippen molar-refractivity contribution in [3.63, 3.8) is 0 Å². The van der Waals surface area contributed by atoms with E-state index in [2.05, 4.69) is 10.1 Å². The highest BCUT2D eigenvalue weighted by atomic mass is 35.5. The molecule has 0 saturated carbocycles. The average molecular weight is 283 g/mol. The van der Waals surface area contributed by atoms with Crippen LogP contribution < -0.4 is 0 Å². The van der Waals surface area contributed by atoms with Gasteiger partial charge in [0.05, 0.1) is 10.9 Å². The van der Waals surface area contributed by atoms with Crippen LogP contribution in [-0.2, 0) is 4.79 Å². The van der Waals surface area contributed by atoms with Crippen LogP contribution in [0.2, 0.25) is 5.02 Å². The maximum absolute atomic E-state index is 13.0. The zero-order chi connectivity index (χ0) is 14.0. The molecule has 0 saturated heterocycles. The van der Waals surface area contributed by atoms with E-state index in [4.69, 9.17) is 16.1 Å². The predicted octanol–water partition coefficient (Wildman–Crippen LogP) is 3.61. The normalized spacial score (nSPS) is 12.4. The number of nitrogens with zero attached hydrogens (tertiary/aromatic N) is 2. The molecule has 1 unspecified atom stereocenters. The Labute approximate surface area is 114 Å². The van der Waals surface area contributed by atoms with E-state index in [0.29, 0.717) is 12.0 Å². The summed E-state index contributed by atoms with van der Waals surface area (Å²) in [6.07, 6.45) is 0.577. The second-order valence-electron chi connectivity index (χ2n) is 4.15. The van der Waals surface area contributed by atoms with Crippen molar-refractivity contribution in [2.45, 2.75) is 26.2 Å². The summed E-state index contributed by atoms with van der Waals surface area (Å²) in [4.78, 5) is 15.6. The average Bonchev–Trinajstić information content (AvgIpc) is 2.78. The van der Waals surface area contributed by atoms with Crippen molar-refractivity contribution < 1.29 is 13.7 Å². The van der Waals surface area contributed by atoms with E-state index in [1.807, 2.05) is 6.92 Å². The number of benzene rings is 1. The minimum absolute atomic E-state index is 0.0390. The molecule has 100 valence electrons. The lowest BCUT2D eigenvalue weighted by atomic mass is 10.0. The molecule has 0 aliphatic rings. The van der Waals surface area contributed by atoms with Gasteiger partial charge >= 0.3 is 0 Å². The van der Waals surface area contributed by atoms with Gasteiger partial charge in [0.2, 0.25) is 11.7 Å². The molecule has 0 spiro atoms. The van der Waals surface area contributed by atoms with Crippen LogP contribution in [0.1, 0.15) is 32.1 Å². The van der Waals surface area contributed by atoms with Gasteiger partial charge < -0.3 is 4.52 Å². The molecular formula is C13H12ClFN2O2. The van der Waals surface area contributed by atoms with E-state index in [0.717, 1.165) is 0 Å². The first-order valence-electron chi connectivity index (χ1n) is 5.82. The van der Waals surface area contributed by atoms with Crippen LogP contribution in [0.5, 0.6) is 0 Å². The van der Waals surface area contributed by atoms with Gasteiger partial charge in [-0.2, -0.15) is 4.98 Å². The second kappa shape index (κ2) is 5.48. The van der Waals surface area contributed by atoms with Crippen LogP contribution in [0.25, 0.3) is 11.4 Å². The quantitative estimate of drug-likeness (QED) is 0.859. The van der Waals surface area contributed by atoms with Gasteiger partial charge in [-0.3, -0.25) is 4.79 Å². The third-order valence-electron chi connectivity index (χ3n) is 2.81. The number of carbonyl (C=O) groups is 1. The van der Waals surface area contributed by atoms with Crippen molar-refractivity contribution in [3.05, 3.63) is 34.9 Å². The Balaban J connectivity index is 2.38. The molecule has 0 aliphatic heterocycles. The number of halogens is 2. The number of Topliss-reactive ketones (excluding diaryl/α,β-unsaturated/α-hetero) is 1. The number of ketones is 1. The van der Waals surface area contributed by atoms with Crippen LogP contribution >= 0.6 is 11.6 Å². The molecule has 4 nitrogen and oxygen atoms in total. The Morgan fingerprint density at radius 1 is 1.53 bits per heavy atom. The Morgan fingerprint density at radius 3 is 2.84 bits per heavy atom. The van der Waals surface area contributed by atoms with Crippen molar-refractivity contribution >= 4 is 17.4 Å². The molecule has 0 bridgehead atoms. The predicted molar refractivity (Wildman–Crippen MR) is 68.4 cm³/mol. The number of hydrogen-bond acceptors (Lipinski definition) is 4. The van der Waals surface area contributed by atoms with E-state index < -0.39 is 11.7 Å². The van der Waals surface area contributed by atoms with E-state index in [1.165, 1.54) is 25.1 Å². The van der Waals surface area contributed by atoms with Gasteiger partial charge in [0.15, 0.2) is 0 Å². The molecule has 19 heavy (non-hydrogen) atoms. The summed E-state index contributed by atoms with van der Waals surface area (Å²) in [6, 6.07) is 3.91. The van der Waals surface area contributed by atoms with Crippen LogP contribution in [-0.4, -0.2) is 15.9 Å². The monoisotopic (exact) mass is 282 g/mol. The van der Waals surface area contributed by atoms with Gasteiger partial charge in [0.1, 0.15) is 11.6 Å². The van der Waals surface area contributed by atoms with Gasteiger partial charge in [0, 0.05) is 5.56 Å². The fourth-order valence-corrected chi connectivity index (χ4v) is 2.04. The highest BCUT2D eigenvalue weighted by molar-refractivity contribution is 6.33. The summed E-state index contributed by atoms with van der Waals surface area (Å²) >= 11 is 5.92. The summed E-state index contributed by atoms with van der Waals surface area (Å²) in [5, 5.41) is 3.98. The number of rotatable bonds is 4. The van der Waals surface area contributed by atoms with Crippen molar-refractivity contribution in [1.29, 1.82) is 0 Å². The van der Waals surface area contributed by atoms with Crippen molar-refractivity contribution in [1.82, 2.24) is 10.1 Å². The molecule has 1 aromatic heterocycles. The molecule has 1 heterocycles. The number of aromatic nitrogens is 2. The molecule has 0 aliphatic carbocycles. The van der Waals surface area contributed by atoms with Gasteiger partial charge in [-0.15, -0.1) is 0 Å². The van der Waals surface area contributed by atoms with Crippen LogP contribution in [0.3, 0.4) is 0 Å². The van der Waals surface area contributed by atoms with Gasteiger partial charge in [0.25, 0.3) is 0 Å². The zero-order valence-electron chi connectivity index (χ0n) is 10.5. The van der Waals surface area contributed by atoms with Gasteiger partial charge in [-0.05, 0) is 31.5 Å². The molecule has 2 aromatic rings. The number of carbonyl (C=O) groups excluding carboxylic acids is 1. The Hall–Kier alpha value is -1.75. The maximum Gasteiger partial charge on any atom is 0.237 e. The first kappa shape index (κ1) is 13.7. The smallest absolute Gasteiger partial charge is 0.237 e. The fourth-order valence-electron chi connectivity index (χ4n) is 1.79. The summed E-state index contributed by atoms with van der Waals surface area (Å²) in [7, 11) is 0. The lowest BCUT2D eigenvalue weighted by molar-refractivity contribution is -0.119. The van der Waals surface area contributed by atoms with Gasteiger partial charge in [-0.1, -0.05) is 23.7 Å². The molecule has 0 N–H and O–H groups in total. The highest BCUT2D eigenvalue weighted by Gasteiger charge is 2.22. The third-order valence-corrected chi connectivity index (χ3v) is 3.12. The summed E-state index contributed by atoms with van der Waals surface area (Å²) in [6.45, 7) is 3.34. The Morgan fingerprint density at radius 2 is 2.26 bits per heavy atom. The van der Waals surface area contributed by atoms with E-state index in [9.17, 15) is 9.18 Å². The Bertz CT molecular complexity index is 612. The van der Waals surface area contributed by atoms with Crippen LogP contribution in [0.4, 0.5) is 4.39 Å². The number of hydrogen-bond donors (Lipinski definition) is 0. The first-order chi connectivity index (χ1) is 9.02. The SMILES string of the molecule is CCC(C(C)=O)c1nc(-c2ccc(F)cc2Cl)no1. The molecule has 0 fully saturated rings. The minimum Gasteiger partial charge on any atom is -0.338 e. The van der Waals surface area contributed by atoms with Crippen LogP contribution in [0, 0.1) is 5.82 Å². The molecule has 6 heteroatoms. The molecule has 0 amide bonds. The minimum atomic E-state index is -0.437. The summed E-state index contributed by atoms with van der Waals surface area (Å²) in [5.41, 5.74) is 0.469. The summed E-state index contributed by atoms with van der Waals surface area (Å²) < 4.78 is 18.0. The maximum atomic E-state index is 13.0. The van der Waals surface area contributed by atoms with Crippen molar-refractivity contribution in [2.24, 2.45) is 0 Å².